The molecule has 0 spiro atoms. The van der Waals surface area contributed by atoms with Gasteiger partial charge in [-0.15, -0.1) is 0 Å². The average molecular weight is 418 g/mol. The Bertz CT molecular complexity index is 1140. The summed E-state index contributed by atoms with van der Waals surface area (Å²) in [6.45, 7) is -0.582. The van der Waals surface area contributed by atoms with E-state index in [0.29, 0.717) is 11.0 Å². The second kappa shape index (κ2) is 7.86. The van der Waals surface area contributed by atoms with Crippen LogP contribution in [0, 0.1) is 0 Å². The maximum absolute atomic E-state index is 13.3. The lowest BCUT2D eigenvalue weighted by atomic mass is 9.90. The molecule has 4 rings (SSSR count). The summed E-state index contributed by atoms with van der Waals surface area (Å²) in [4.78, 5) is 13.3. The van der Waals surface area contributed by atoms with Crippen molar-refractivity contribution >= 4 is 21.9 Å². The third-order valence-corrected chi connectivity index (χ3v) is 5.42. The fourth-order valence-corrected chi connectivity index (χ4v) is 3.88. The first-order valence-electron chi connectivity index (χ1n) is 9.33. The van der Waals surface area contributed by atoms with Crippen molar-refractivity contribution in [1.82, 2.24) is 0 Å². The Balaban J connectivity index is 2.02. The largest absolute Gasteiger partial charge is 0.495 e. The molecule has 1 saturated heterocycles. The predicted octanol–water partition coefficient (Wildman–Crippen LogP) is 0.478. The average Bonchev–Trinajstić information content (AvgIpc) is 2.77. The van der Waals surface area contributed by atoms with E-state index < -0.39 is 37.1 Å². The van der Waals surface area contributed by atoms with Crippen LogP contribution in [0.4, 0.5) is 0 Å². The lowest BCUT2D eigenvalue weighted by molar-refractivity contribution is -0.232. The molecule has 4 N–H and O–H groups in total. The van der Waals surface area contributed by atoms with Gasteiger partial charge in [0.25, 0.3) is 0 Å². The molecule has 0 amide bonds. The number of aliphatic hydroxyl groups is 4. The summed E-state index contributed by atoms with van der Waals surface area (Å²) in [6.07, 6.45) is -6.97. The van der Waals surface area contributed by atoms with E-state index >= 15 is 0 Å². The van der Waals surface area contributed by atoms with Gasteiger partial charge >= 0.3 is 0 Å². The molecule has 9 heteroatoms. The van der Waals surface area contributed by atoms with E-state index in [1.807, 2.05) is 0 Å². The second-order valence-electron chi connectivity index (χ2n) is 7.08. The number of hydrogen-bond acceptors (Lipinski definition) is 9. The Morgan fingerprint density at radius 3 is 2.43 bits per heavy atom. The van der Waals surface area contributed by atoms with E-state index in [9.17, 15) is 25.2 Å². The van der Waals surface area contributed by atoms with Gasteiger partial charge < -0.3 is 39.1 Å². The zero-order valence-corrected chi connectivity index (χ0v) is 16.3. The van der Waals surface area contributed by atoms with E-state index in [1.54, 1.807) is 24.3 Å². The normalized spacial score (nSPS) is 26.8. The highest BCUT2D eigenvalue weighted by Crippen LogP contribution is 2.43. The molecule has 3 aromatic rings. The number of para-hydroxylation sites is 1. The van der Waals surface area contributed by atoms with Crippen LogP contribution in [0.5, 0.6) is 11.5 Å². The van der Waals surface area contributed by atoms with Crippen LogP contribution in [0.1, 0.15) is 11.7 Å². The number of hydrogen-bond donors (Lipinski definition) is 4. The Labute approximate surface area is 170 Å². The highest BCUT2D eigenvalue weighted by Gasteiger charge is 2.45. The van der Waals surface area contributed by atoms with Crippen molar-refractivity contribution in [3.8, 4) is 11.5 Å². The molecule has 0 radical (unpaired) electrons. The summed E-state index contributed by atoms with van der Waals surface area (Å²) >= 11 is 0. The number of rotatable bonds is 4. The van der Waals surface area contributed by atoms with Gasteiger partial charge in [-0.05, 0) is 18.2 Å². The van der Waals surface area contributed by atoms with Crippen LogP contribution in [0.2, 0.25) is 0 Å². The van der Waals surface area contributed by atoms with Gasteiger partial charge in [0.15, 0.2) is 11.3 Å². The van der Waals surface area contributed by atoms with Gasteiger partial charge in [-0.1, -0.05) is 12.1 Å². The van der Waals surface area contributed by atoms with Gasteiger partial charge in [0.2, 0.25) is 5.43 Å². The molecule has 5 atom stereocenters. The van der Waals surface area contributed by atoms with Gasteiger partial charge in [0.1, 0.15) is 47.2 Å². The first-order chi connectivity index (χ1) is 14.4. The molecule has 1 aromatic heterocycles. The summed E-state index contributed by atoms with van der Waals surface area (Å²) in [5.41, 5.74) is 0.372. The van der Waals surface area contributed by atoms with Crippen molar-refractivity contribution in [3.05, 3.63) is 46.1 Å². The molecule has 1 aliphatic heterocycles. The molecule has 30 heavy (non-hydrogen) atoms. The van der Waals surface area contributed by atoms with Gasteiger partial charge in [0, 0.05) is 5.56 Å². The zero-order valence-electron chi connectivity index (χ0n) is 16.3. The molecule has 0 aliphatic carbocycles. The third-order valence-electron chi connectivity index (χ3n) is 5.42. The van der Waals surface area contributed by atoms with E-state index in [4.69, 9.17) is 18.6 Å². The second-order valence-corrected chi connectivity index (χ2v) is 7.08. The highest BCUT2D eigenvalue weighted by molar-refractivity contribution is 5.97. The maximum Gasteiger partial charge on any atom is 0.204 e. The summed E-state index contributed by atoms with van der Waals surface area (Å²) in [7, 11) is 2.75. The first-order valence-corrected chi connectivity index (χ1v) is 9.33. The Kier molecular flexibility index (Phi) is 5.39. The lowest BCUT2D eigenvalue weighted by Gasteiger charge is -2.40. The molecular formula is C21H22O9. The van der Waals surface area contributed by atoms with Crippen LogP contribution in [-0.4, -0.2) is 65.7 Å². The van der Waals surface area contributed by atoms with Crippen molar-refractivity contribution < 1.29 is 39.1 Å². The molecule has 160 valence electrons. The summed E-state index contributed by atoms with van der Waals surface area (Å²) < 4.78 is 22.5. The third kappa shape index (κ3) is 3.03. The van der Waals surface area contributed by atoms with Crippen LogP contribution in [-0.2, 0) is 4.74 Å². The van der Waals surface area contributed by atoms with Crippen molar-refractivity contribution in [2.45, 2.75) is 30.5 Å². The molecule has 0 bridgehead atoms. The molecule has 1 fully saturated rings. The molecular weight excluding hydrogens is 396 g/mol. The summed E-state index contributed by atoms with van der Waals surface area (Å²) in [5.74, 6) is 0.273. The molecule has 0 saturated carbocycles. The standard InChI is InChI=1S/C21H22O9/c1-27-12-7-10(20-18(26)17(25)16(24)13(8-22)30-20)19(28-2)14-15(23)9-5-3-4-6-11(9)29-21(12)14/h3-7,13,16-18,20,22,24-26H,8H2,1-2H3/t13-,16-,17+,18-,20?/m1/s1. The zero-order chi connectivity index (χ0) is 21.6. The van der Waals surface area contributed by atoms with Gasteiger partial charge in [-0.2, -0.15) is 0 Å². The van der Waals surface area contributed by atoms with Crippen molar-refractivity contribution in [3.63, 3.8) is 0 Å². The quantitative estimate of drug-likeness (QED) is 0.446. The highest BCUT2D eigenvalue weighted by atomic mass is 16.5. The number of aliphatic hydroxyl groups excluding tert-OH is 4. The summed E-state index contributed by atoms with van der Waals surface area (Å²) in [6, 6.07) is 8.20. The SMILES string of the molecule is COc1cc(C2O[C@H](CO)[C@@H](O)[C@H](O)[C@H]2O)c(OC)c2c(=O)c3ccccc3oc12. The monoisotopic (exact) mass is 418 g/mol. The van der Waals surface area contributed by atoms with Gasteiger partial charge in [-0.3, -0.25) is 4.79 Å². The van der Waals surface area contributed by atoms with Crippen molar-refractivity contribution in [2.75, 3.05) is 20.8 Å². The molecule has 2 aromatic carbocycles. The van der Waals surface area contributed by atoms with Crippen molar-refractivity contribution in [1.29, 1.82) is 0 Å². The van der Waals surface area contributed by atoms with E-state index in [-0.39, 0.29) is 33.5 Å². The molecule has 1 unspecified atom stereocenters. The van der Waals surface area contributed by atoms with Gasteiger partial charge in [0.05, 0.1) is 26.2 Å². The van der Waals surface area contributed by atoms with E-state index in [0.717, 1.165) is 0 Å². The summed E-state index contributed by atoms with van der Waals surface area (Å²) in [5, 5.41) is 40.7. The minimum absolute atomic E-state index is 0.0784. The van der Waals surface area contributed by atoms with Crippen molar-refractivity contribution in [2.24, 2.45) is 0 Å². The fraction of sp³-hybridized carbons (Fsp3) is 0.381. The van der Waals surface area contributed by atoms with Crippen LogP contribution in [0.25, 0.3) is 21.9 Å². The Morgan fingerprint density at radius 1 is 1.03 bits per heavy atom. The van der Waals surface area contributed by atoms with Crippen LogP contribution in [0.15, 0.2) is 39.5 Å². The maximum atomic E-state index is 13.3. The number of fused-ring (bicyclic) bond motifs is 2. The van der Waals surface area contributed by atoms with Gasteiger partial charge in [-0.25, -0.2) is 0 Å². The molecule has 1 aliphatic rings. The predicted molar refractivity (Wildman–Crippen MR) is 106 cm³/mol. The van der Waals surface area contributed by atoms with Crippen LogP contribution in [0.3, 0.4) is 0 Å². The minimum atomic E-state index is -1.58. The molecule has 9 nitrogen and oxygen atoms in total. The Hall–Kier alpha value is -2.69. The van der Waals surface area contributed by atoms with E-state index in [2.05, 4.69) is 0 Å². The Morgan fingerprint density at radius 2 is 1.77 bits per heavy atom. The smallest absolute Gasteiger partial charge is 0.204 e. The number of methoxy groups -OCH3 is 2. The van der Waals surface area contributed by atoms with Crippen LogP contribution < -0.4 is 14.9 Å². The number of ether oxygens (including phenoxy) is 3. The minimum Gasteiger partial charge on any atom is -0.495 e. The topological polar surface area (TPSA) is 139 Å². The first kappa shape index (κ1) is 20.6. The lowest BCUT2D eigenvalue weighted by Crippen LogP contribution is -2.55. The van der Waals surface area contributed by atoms with E-state index in [1.165, 1.54) is 20.3 Å². The fourth-order valence-electron chi connectivity index (χ4n) is 3.88. The molecule has 2 heterocycles. The number of benzene rings is 2. The van der Waals surface area contributed by atoms with Crippen LogP contribution >= 0.6 is 0 Å².